The van der Waals surface area contributed by atoms with Crippen LogP contribution < -0.4 is 5.32 Å². The van der Waals surface area contributed by atoms with Gasteiger partial charge >= 0.3 is 0 Å². The maximum absolute atomic E-state index is 12.6. The van der Waals surface area contributed by atoms with Crippen molar-refractivity contribution in [1.29, 1.82) is 0 Å². The number of sulfonamides is 1. The molecular weight excluding hydrogens is 332 g/mol. The van der Waals surface area contributed by atoms with Crippen LogP contribution in [0.2, 0.25) is 0 Å². The highest BCUT2D eigenvalue weighted by Crippen LogP contribution is 2.27. The summed E-state index contributed by atoms with van der Waals surface area (Å²) in [5.74, 6) is -0.0394. The van der Waals surface area contributed by atoms with E-state index >= 15 is 0 Å². The second-order valence-corrected chi connectivity index (χ2v) is 9.28. The van der Waals surface area contributed by atoms with E-state index < -0.39 is 10.0 Å². The van der Waals surface area contributed by atoms with Crippen LogP contribution in [0, 0.1) is 0 Å². The minimum Gasteiger partial charge on any atom is -0.353 e. The number of carbonyl (C=O) groups is 1. The summed E-state index contributed by atoms with van der Waals surface area (Å²) in [5, 5.41) is 2.98. The molecule has 0 aliphatic carbocycles. The van der Waals surface area contributed by atoms with Crippen LogP contribution in [0.3, 0.4) is 0 Å². The van der Waals surface area contributed by atoms with Crippen molar-refractivity contribution in [3.8, 4) is 0 Å². The molecule has 1 aromatic rings. The average Bonchev–Trinajstić information content (AvgIpc) is 3.02. The lowest BCUT2D eigenvalue weighted by Gasteiger charge is -2.25. The topological polar surface area (TPSA) is 66.5 Å². The fourth-order valence-corrected chi connectivity index (χ4v) is 5.78. The number of piperidine rings is 1. The quantitative estimate of drug-likeness (QED) is 0.815. The number of nitrogens with one attached hydrogen (secondary N) is 1. The minimum absolute atomic E-state index is 0.0394. The Morgan fingerprint density at radius 1 is 1.22 bits per heavy atom. The van der Waals surface area contributed by atoms with Crippen LogP contribution in [-0.2, 0) is 21.2 Å². The number of amides is 1. The van der Waals surface area contributed by atoms with Crippen molar-refractivity contribution in [2.75, 3.05) is 13.1 Å². The molecule has 2 heterocycles. The third-order valence-electron chi connectivity index (χ3n) is 4.23. The standard InChI is InChI=1S/C16H26N2O3S2/c1-3-13(4-2)17-15(19)12-14-8-9-16(22-14)23(20,21)18-10-6-5-7-11-18/h8-9,13H,3-7,10-12H2,1-2H3,(H,17,19). The third kappa shape index (κ3) is 4.78. The Balaban J connectivity index is 2.01. The first-order valence-electron chi connectivity index (χ1n) is 8.35. The van der Waals surface area contributed by atoms with Crippen LogP contribution in [0.4, 0.5) is 0 Å². The maximum Gasteiger partial charge on any atom is 0.252 e. The predicted molar refractivity (Wildman–Crippen MR) is 93.1 cm³/mol. The predicted octanol–water partition coefficient (Wildman–Crippen LogP) is 2.77. The van der Waals surface area contributed by atoms with Gasteiger partial charge < -0.3 is 5.32 Å². The van der Waals surface area contributed by atoms with Crippen molar-refractivity contribution in [3.63, 3.8) is 0 Å². The molecule has 7 heteroatoms. The van der Waals surface area contributed by atoms with Gasteiger partial charge in [-0.1, -0.05) is 20.3 Å². The Hall–Kier alpha value is -0.920. The van der Waals surface area contributed by atoms with E-state index in [1.165, 1.54) is 11.3 Å². The lowest BCUT2D eigenvalue weighted by atomic mass is 10.1. The highest BCUT2D eigenvalue weighted by Gasteiger charge is 2.27. The van der Waals surface area contributed by atoms with Crippen molar-refractivity contribution < 1.29 is 13.2 Å². The van der Waals surface area contributed by atoms with E-state index in [0.29, 0.717) is 17.3 Å². The van der Waals surface area contributed by atoms with Crippen molar-refractivity contribution in [2.45, 2.75) is 62.6 Å². The van der Waals surface area contributed by atoms with Gasteiger partial charge in [0, 0.05) is 24.0 Å². The molecule has 0 aromatic carbocycles. The van der Waals surface area contributed by atoms with E-state index in [2.05, 4.69) is 5.32 Å². The molecule has 1 N–H and O–H groups in total. The summed E-state index contributed by atoms with van der Waals surface area (Å²) in [6, 6.07) is 3.58. The summed E-state index contributed by atoms with van der Waals surface area (Å²) in [6.07, 6.45) is 5.00. The van der Waals surface area contributed by atoms with Gasteiger partial charge in [-0.25, -0.2) is 8.42 Å². The lowest BCUT2D eigenvalue weighted by Crippen LogP contribution is -2.35. The second kappa shape index (κ2) is 8.26. The van der Waals surface area contributed by atoms with Crippen LogP contribution in [0.15, 0.2) is 16.3 Å². The average molecular weight is 359 g/mol. The molecule has 23 heavy (non-hydrogen) atoms. The largest absolute Gasteiger partial charge is 0.353 e. The van der Waals surface area contributed by atoms with E-state index in [9.17, 15) is 13.2 Å². The van der Waals surface area contributed by atoms with Crippen molar-refractivity contribution >= 4 is 27.3 Å². The van der Waals surface area contributed by atoms with Crippen molar-refractivity contribution in [1.82, 2.24) is 9.62 Å². The number of hydrogen-bond donors (Lipinski definition) is 1. The molecule has 1 aromatic heterocycles. The molecule has 0 unspecified atom stereocenters. The van der Waals surface area contributed by atoms with E-state index in [4.69, 9.17) is 0 Å². The van der Waals surface area contributed by atoms with E-state index in [1.54, 1.807) is 16.4 Å². The molecule has 0 saturated carbocycles. The fourth-order valence-electron chi connectivity index (χ4n) is 2.75. The molecule has 5 nitrogen and oxygen atoms in total. The van der Waals surface area contributed by atoms with E-state index in [-0.39, 0.29) is 18.4 Å². The van der Waals surface area contributed by atoms with Crippen molar-refractivity contribution in [3.05, 3.63) is 17.0 Å². The molecule has 0 spiro atoms. The summed E-state index contributed by atoms with van der Waals surface area (Å²) in [6.45, 7) is 5.29. The second-order valence-electron chi connectivity index (χ2n) is 5.94. The van der Waals surface area contributed by atoms with Gasteiger partial charge in [0.15, 0.2) is 0 Å². The summed E-state index contributed by atoms with van der Waals surface area (Å²) in [7, 11) is -3.39. The molecular formula is C16H26N2O3S2. The number of rotatable bonds is 7. The van der Waals surface area contributed by atoms with Gasteiger partial charge in [0.1, 0.15) is 4.21 Å². The molecule has 0 bridgehead atoms. The molecule has 1 fully saturated rings. The molecule has 1 saturated heterocycles. The number of carbonyl (C=O) groups excluding carboxylic acids is 1. The van der Waals surface area contributed by atoms with Crippen molar-refractivity contribution in [2.24, 2.45) is 0 Å². The van der Waals surface area contributed by atoms with E-state index in [1.807, 2.05) is 13.8 Å². The van der Waals surface area contributed by atoms with Gasteiger partial charge in [-0.05, 0) is 37.8 Å². The Kier molecular flexibility index (Phi) is 6.61. The van der Waals surface area contributed by atoms with Gasteiger partial charge in [-0.2, -0.15) is 4.31 Å². The monoisotopic (exact) mass is 358 g/mol. The van der Waals surface area contributed by atoms with Gasteiger partial charge in [-0.15, -0.1) is 11.3 Å². The molecule has 1 amide bonds. The van der Waals surface area contributed by atoms with Crippen LogP contribution >= 0.6 is 11.3 Å². The Morgan fingerprint density at radius 3 is 2.48 bits per heavy atom. The minimum atomic E-state index is -3.39. The molecule has 0 atom stereocenters. The first kappa shape index (κ1) is 18.4. The Bertz CT molecular complexity index is 615. The summed E-state index contributed by atoms with van der Waals surface area (Å²) < 4.78 is 27.1. The van der Waals surface area contributed by atoms with Gasteiger partial charge in [-0.3, -0.25) is 4.79 Å². The fraction of sp³-hybridized carbons (Fsp3) is 0.688. The van der Waals surface area contributed by atoms with Gasteiger partial charge in [0.25, 0.3) is 10.0 Å². The zero-order valence-corrected chi connectivity index (χ0v) is 15.5. The zero-order chi connectivity index (χ0) is 16.9. The Morgan fingerprint density at radius 2 is 1.87 bits per heavy atom. The highest BCUT2D eigenvalue weighted by atomic mass is 32.2. The number of hydrogen-bond acceptors (Lipinski definition) is 4. The summed E-state index contributed by atoms with van der Waals surface area (Å²) in [5.41, 5.74) is 0. The molecule has 2 rings (SSSR count). The van der Waals surface area contributed by atoms with Gasteiger partial charge in [0.05, 0.1) is 6.42 Å². The SMILES string of the molecule is CCC(CC)NC(=O)Cc1ccc(S(=O)(=O)N2CCCCC2)s1. The first-order chi connectivity index (χ1) is 11.0. The maximum atomic E-state index is 12.6. The smallest absolute Gasteiger partial charge is 0.252 e. The normalized spacial score (nSPS) is 16.7. The summed E-state index contributed by atoms with van der Waals surface area (Å²) >= 11 is 1.21. The molecule has 130 valence electrons. The molecule has 0 radical (unpaired) electrons. The van der Waals surface area contributed by atoms with Crippen LogP contribution in [-0.4, -0.2) is 37.8 Å². The van der Waals surface area contributed by atoms with E-state index in [0.717, 1.165) is 37.0 Å². The zero-order valence-electron chi connectivity index (χ0n) is 13.9. The van der Waals surface area contributed by atoms with Crippen LogP contribution in [0.25, 0.3) is 0 Å². The number of thiophene rings is 1. The molecule has 1 aliphatic heterocycles. The summed E-state index contributed by atoms with van der Waals surface area (Å²) in [4.78, 5) is 12.8. The Labute approximate surface area is 143 Å². The highest BCUT2D eigenvalue weighted by molar-refractivity contribution is 7.91. The first-order valence-corrected chi connectivity index (χ1v) is 10.6. The number of nitrogens with zero attached hydrogens (tertiary/aromatic N) is 1. The van der Waals surface area contributed by atoms with Gasteiger partial charge in [0.2, 0.25) is 5.91 Å². The lowest BCUT2D eigenvalue weighted by molar-refractivity contribution is -0.121. The van der Waals surface area contributed by atoms with Crippen LogP contribution in [0.5, 0.6) is 0 Å². The van der Waals surface area contributed by atoms with Crippen LogP contribution in [0.1, 0.15) is 50.8 Å². The molecule has 1 aliphatic rings. The third-order valence-corrected chi connectivity index (χ3v) is 7.68.